The summed E-state index contributed by atoms with van der Waals surface area (Å²) in [5.41, 5.74) is 3.04. The molecule has 0 atom stereocenters. The van der Waals surface area contributed by atoms with Crippen molar-refractivity contribution < 1.29 is 4.79 Å². The van der Waals surface area contributed by atoms with Gasteiger partial charge in [-0.15, -0.1) is 0 Å². The fraction of sp³-hybridized carbons (Fsp3) is 0.133. The molecule has 0 saturated heterocycles. The lowest BCUT2D eigenvalue weighted by atomic mass is 10.1. The van der Waals surface area contributed by atoms with Crippen LogP contribution in [0.3, 0.4) is 0 Å². The van der Waals surface area contributed by atoms with Crippen LogP contribution in [0, 0.1) is 6.92 Å². The molecule has 0 unspecified atom stereocenters. The Kier molecular flexibility index (Phi) is 4.53. The van der Waals surface area contributed by atoms with Gasteiger partial charge in [-0.05, 0) is 48.9 Å². The smallest absolute Gasteiger partial charge is 0.255 e. The van der Waals surface area contributed by atoms with Crippen molar-refractivity contribution in [2.45, 2.75) is 6.92 Å². The number of hydrogen-bond donors (Lipinski definition) is 2. The van der Waals surface area contributed by atoms with Gasteiger partial charge in [-0.25, -0.2) is 0 Å². The molecule has 1 amide bonds. The Morgan fingerprint density at radius 3 is 2.20 bits per heavy atom. The average molecular weight is 309 g/mol. The highest BCUT2D eigenvalue weighted by molar-refractivity contribution is 6.35. The van der Waals surface area contributed by atoms with E-state index in [1.807, 2.05) is 26.1 Å². The third kappa shape index (κ3) is 3.44. The number of aryl methyl sites for hydroxylation is 1. The first-order valence-corrected chi connectivity index (χ1v) is 6.81. The molecule has 0 bridgehead atoms. The quantitative estimate of drug-likeness (QED) is 0.870. The molecule has 20 heavy (non-hydrogen) atoms. The molecule has 104 valence electrons. The largest absolute Gasteiger partial charge is 0.388 e. The molecule has 0 aromatic heterocycles. The second kappa shape index (κ2) is 6.16. The van der Waals surface area contributed by atoms with E-state index in [4.69, 9.17) is 23.2 Å². The van der Waals surface area contributed by atoms with Crippen molar-refractivity contribution in [1.29, 1.82) is 0 Å². The van der Waals surface area contributed by atoms with Crippen molar-refractivity contribution in [2.75, 3.05) is 17.7 Å². The van der Waals surface area contributed by atoms with E-state index in [0.29, 0.717) is 21.3 Å². The number of amides is 1. The Hall–Kier alpha value is -1.71. The van der Waals surface area contributed by atoms with E-state index in [9.17, 15) is 4.79 Å². The van der Waals surface area contributed by atoms with E-state index in [-0.39, 0.29) is 5.91 Å². The van der Waals surface area contributed by atoms with Gasteiger partial charge in [-0.1, -0.05) is 23.2 Å². The Morgan fingerprint density at radius 2 is 1.65 bits per heavy atom. The molecule has 2 aromatic rings. The van der Waals surface area contributed by atoms with Gasteiger partial charge in [0.1, 0.15) is 0 Å². The van der Waals surface area contributed by atoms with Crippen LogP contribution in [-0.4, -0.2) is 13.0 Å². The van der Waals surface area contributed by atoms with Gasteiger partial charge in [0, 0.05) is 34.0 Å². The number of anilines is 2. The second-order valence-corrected chi connectivity index (χ2v) is 5.26. The Morgan fingerprint density at radius 1 is 1.00 bits per heavy atom. The first-order valence-electron chi connectivity index (χ1n) is 6.05. The zero-order valence-corrected chi connectivity index (χ0v) is 12.6. The van der Waals surface area contributed by atoms with Gasteiger partial charge in [0.05, 0.1) is 0 Å². The molecule has 5 heteroatoms. The van der Waals surface area contributed by atoms with Crippen molar-refractivity contribution in [1.82, 2.24) is 0 Å². The molecule has 2 aromatic carbocycles. The highest BCUT2D eigenvalue weighted by Crippen LogP contribution is 2.23. The Balaban J connectivity index is 2.23. The summed E-state index contributed by atoms with van der Waals surface area (Å²) in [5.74, 6) is -0.191. The summed E-state index contributed by atoms with van der Waals surface area (Å²) >= 11 is 11.8. The van der Waals surface area contributed by atoms with Crippen molar-refractivity contribution in [3.8, 4) is 0 Å². The van der Waals surface area contributed by atoms with Crippen molar-refractivity contribution in [3.05, 3.63) is 57.6 Å². The minimum absolute atomic E-state index is 0.191. The number of nitrogens with one attached hydrogen (secondary N) is 2. The van der Waals surface area contributed by atoms with Crippen LogP contribution < -0.4 is 10.6 Å². The summed E-state index contributed by atoms with van der Waals surface area (Å²) in [6.45, 7) is 1.89. The van der Waals surface area contributed by atoms with Gasteiger partial charge in [0.15, 0.2) is 0 Å². The normalized spacial score (nSPS) is 10.2. The number of halogens is 2. The standard InChI is InChI=1S/C15H14Cl2N2O/c1-9-5-12(18-2)3-4-14(9)15(20)19-13-7-10(16)6-11(17)8-13/h3-8,18H,1-2H3,(H,19,20). The molecule has 0 radical (unpaired) electrons. The van der Waals surface area contributed by atoms with Gasteiger partial charge >= 0.3 is 0 Å². The summed E-state index contributed by atoms with van der Waals surface area (Å²) in [7, 11) is 1.84. The second-order valence-electron chi connectivity index (χ2n) is 4.39. The molecule has 0 heterocycles. The summed E-state index contributed by atoms with van der Waals surface area (Å²) < 4.78 is 0. The van der Waals surface area contributed by atoms with Crippen LogP contribution in [0.1, 0.15) is 15.9 Å². The van der Waals surface area contributed by atoms with E-state index in [0.717, 1.165) is 11.3 Å². The predicted molar refractivity (Wildman–Crippen MR) is 85.1 cm³/mol. The molecule has 0 spiro atoms. The maximum atomic E-state index is 12.2. The van der Waals surface area contributed by atoms with Crippen LogP contribution >= 0.6 is 23.2 Å². The predicted octanol–water partition coefficient (Wildman–Crippen LogP) is 4.60. The molecular weight excluding hydrogens is 295 g/mol. The summed E-state index contributed by atoms with van der Waals surface area (Å²) in [6, 6.07) is 10.5. The number of rotatable bonds is 3. The maximum absolute atomic E-state index is 12.2. The topological polar surface area (TPSA) is 41.1 Å². The molecule has 0 fully saturated rings. The summed E-state index contributed by atoms with van der Waals surface area (Å²) in [5, 5.41) is 6.78. The molecule has 0 saturated carbocycles. The minimum atomic E-state index is -0.191. The third-order valence-electron chi connectivity index (χ3n) is 2.88. The highest BCUT2D eigenvalue weighted by atomic mass is 35.5. The van der Waals surface area contributed by atoms with Gasteiger partial charge in [-0.2, -0.15) is 0 Å². The molecule has 0 aliphatic carbocycles. The monoisotopic (exact) mass is 308 g/mol. The van der Waals surface area contributed by atoms with E-state index < -0.39 is 0 Å². The van der Waals surface area contributed by atoms with Crippen molar-refractivity contribution in [3.63, 3.8) is 0 Å². The maximum Gasteiger partial charge on any atom is 0.255 e. The summed E-state index contributed by atoms with van der Waals surface area (Å²) in [4.78, 5) is 12.2. The van der Waals surface area contributed by atoms with Crippen LogP contribution in [0.2, 0.25) is 10.0 Å². The van der Waals surface area contributed by atoms with E-state index in [1.165, 1.54) is 0 Å². The van der Waals surface area contributed by atoms with E-state index in [1.54, 1.807) is 24.3 Å². The molecule has 2 N–H and O–H groups in total. The lowest BCUT2D eigenvalue weighted by Crippen LogP contribution is -2.13. The fourth-order valence-electron chi connectivity index (χ4n) is 1.90. The van der Waals surface area contributed by atoms with Gasteiger partial charge in [-0.3, -0.25) is 4.79 Å². The molecule has 0 aliphatic heterocycles. The Bertz CT molecular complexity index is 636. The van der Waals surface area contributed by atoms with Gasteiger partial charge in [0.2, 0.25) is 0 Å². The average Bonchev–Trinajstić information content (AvgIpc) is 2.36. The first-order chi connectivity index (χ1) is 9.49. The molecular formula is C15H14Cl2N2O. The lowest BCUT2D eigenvalue weighted by Gasteiger charge is -2.10. The lowest BCUT2D eigenvalue weighted by molar-refractivity contribution is 0.102. The van der Waals surface area contributed by atoms with E-state index >= 15 is 0 Å². The minimum Gasteiger partial charge on any atom is -0.388 e. The van der Waals surface area contributed by atoms with Crippen LogP contribution in [0.25, 0.3) is 0 Å². The SMILES string of the molecule is CNc1ccc(C(=O)Nc2cc(Cl)cc(Cl)c2)c(C)c1. The number of carbonyl (C=O) groups is 1. The van der Waals surface area contributed by atoms with Crippen LogP contribution in [0.4, 0.5) is 11.4 Å². The highest BCUT2D eigenvalue weighted by Gasteiger charge is 2.10. The van der Waals surface area contributed by atoms with Gasteiger partial charge in [0.25, 0.3) is 5.91 Å². The zero-order chi connectivity index (χ0) is 14.7. The van der Waals surface area contributed by atoms with E-state index in [2.05, 4.69) is 10.6 Å². The molecule has 3 nitrogen and oxygen atoms in total. The fourth-order valence-corrected chi connectivity index (χ4v) is 2.42. The molecule has 2 rings (SSSR count). The van der Waals surface area contributed by atoms with Crippen LogP contribution in [-0.2, 0) is 0 Å². The van der Waals surface area contributed by atoms with Crippen LogP contribution in [0.5, 0.6) is 0 Å². The Labute approximate surface area is 127 Å². The van der Waals surface area contributed by atoms with Crippen molar-refractivity contribution >= 4 is 40.5 Å². The van der Waals surface area contributed by atoms with Gasteiger partial charge < -0.3 is 10.6 Å². The summed E-state index contributed by atoms with van der Waals surface area (Å²) in [6.07, 6.45) is 0. The molecule has 0 aliphatic rings. The number of benzene rings is 2. The third-order valence-corrected chi connectivity index (χ3v) is 3.32. The first kappa shape index (κ1) is 14.7. The van der Waals surface area contributed by atoms with Crippen LogP contribution in [0.15, 0.2) is 36.4 Å². The number of hydrogen-bond acceptors (Lipinski definition) is 2. The zero-order valence-electron chi connectivity index (χ0n) is 11.1. The number of carbonyl (C=O) groups excluding carboxylic acids is 1. The van der Waals surface area contributed by atoms with Crippen molar-refractivity contribution in [2.24, 2.45) is 0 Å².